The van der Waals surface area contributed by atoms with Crippen molar-refractivity contribution in [1.29, 1.82) is 0 Å². The van der Waals surface area contributed by atoms with Gasteiger partial charge in [0.05, 0.1) is 22.9 Å². The molecule has 0 fully saturated rings. The maximum atomic E-state index is 12.8. The molecule has 0 saturated carbocycles. The number of ether oxygens (including phenoxy) is 1. The number of amides is 1. The highest BCUT2D eigenvalue weighted by molar-refractivity contribution is 7.93. The first-order valence-corrected chi connectivity index (χ1v) is 13.1. The number of carbonyl (C=O) groups is 1. The minimum Gasteiger partial charge on any atom is -0.448 e. The number of hydrogen-bond acceptors (Lipinski definition) is 9. The highest BCUT2D eigenvalue weighted by Gasteiger charge is 2.14. The van der Waals surface area contributed by atoms with Gasteiger partial charge < -0.3 is 20.5 Å². The van der Waals surface area contributed by atoms with Gasteiger partial charge in [0.2, 0.25) is 5.95 Å². The molecular formula is C23H31N5O4S2. The first-order valence-electron chi connectivity index (χ1n) is 10.3. The van der Waals surface area contributed by atoms with E-state index in [1.54, 1.807) is 48.7 Å². The van der Waals surface area contributed by atoms with Gasteiger partial charge in [0.1, 0.15) is 5.82 Å². The molecule has 3 aromatic rings. The topological polar surface area (TPSA) is 126 Å². The summed E-state index contributed by atoms with van der Waals surface area (Å²) in [4.78, 5) is 22.2. The maximum absolute atomic E-state index is 12.8. The smallest absolute Gasteiger partial charge is 0.442 e. The highest BCUT2D eigenvalue weighted by atomic mass is 32.2. The standard InChI is InChI=1S/C22H27N5O4S2.CH4/c1-5-31-22(29)27-33(4,30)18-8-6-17(7-9-18)25-21-23-11-19(16-10-15(3)32-13-16)20(26-21)24-14(2)12-28;/h6-11,13-14,28H,5,12H2,1-4H3,(H2,23,24,25,26);1H4/t14-,33?;/m1./s1. The molecule has 2 aromatic heterocycles. The predicted molar refractivity (Wildman–Crippen MR) is 138 cm³/mol. The van der Waals surface area contributed by atoms with E-state index in [0.29, 0.717) is 22.3 Å². The lowest BCUT2D eigenvalue weighted by Gasteiger charge is -2.16. The first kappa shape index (κ1) is 27.2. The van der Waals surface area contributed by atoms with Crippen molar-refractivity contribution in [3.8, 4) is 11.1 Å². The number of aryl methyl sites for hydroxylation is 1. The summed E-state index contributed by atoms with van der Waals surface area (Å²) >= 11 is 1.64. The summed E-state index contributed by atoms with van der Waals surface area (Å²) in [7, 11) is -2.92. The number of aliphatic hydroxyl groups excluding tert-OH is 1. The van der Waals surface area contributed by atoms with Gasteiger partial charge in [-0.3, -0.25) is 0 Å². The summed E-state index contributed by atoms with van der Waals surface area (Å²) in [6.45, 7) is 5.68. The van der Waals surface area contributed by atoms with Crippen LogP contribution in [0.15, 0.2) is 51.2 Å². The van der Waals surface area contributed by atoms with Gasteiger partial charge in [0.25, 0.3) is 0 Å². The van der Waals surface area contributed by atoms with Gasteiger partial charge in [-0.2, -0.15) is 4.98 Å². The lowest BCUT2D eigenvalue weighted by Crippen LogP contribution is -2.21. The Kier molecular flexibility index (Phi) is 9.54. The molecule has 0 bridgehead atoms. The van der Waals surface area contributed by atoms with Gasteiger partial charge in [-0.05, 0) is 62.0 Å². The second-order valence-electron chi connectivity index (χ2n) is 7.37. The summed E-state index contributed by atoms with van der Waals surface area (Å²) in [5.41, 5.74) is 2.52. The van der Waals surface area contributed by atoms with E-state index in [0.717, 1.165) is 11.1 Å². The van der Waals surface area contributed by atoms with Crippen LogP contribution in [0.1, 0.15) is 26.2 Å². The van der Waals surface area contributed by atoms with Crippen molar-refractivity contribution in [1.82, 2.24) is 9.97 Å². The molecule has 3 N–H and O–H groups in total. The van der Waals surface area contributed by atoms with Crippen LogP contribution in [0, 0.1) is 6.92 Å². The predicted octanol–water partition coefficient (Wildman–Crippen LogP) is 5.30. The van der Waals surface area contributed by atoms with Crippen LogP contribution in [0.2, 0.25) is 0 Å². The fourth-order valence-electron chi connectivity index (χ4n) is 2.89. The molecule has 1 amide bonds. The number of anilines is 3. The van der Waals surface area contributed by atoms with Crippen molar-refractivity contribution in [3.63, 3.8) is 0 Å². The zero-order valence-electron chi connectivity index (χ0n) is 18.9. The second-order valence-corrected chi connectivity index (χ2v) is 10.7. The van der Waals surface area contributed by atoms with Crippen LogP contribution in [0.25, 0.3) is 11.1 Å². The molecule has 0 aliphatic heterocycles. The van der Waals surface area contributed by atoms with Gasteiger partial charge in [0.15, 0.2) is 0 Å². The SMILES string of the molecule is C.CCOC(=O)N=S(C)(=O)c1ccc(Nc2ncc(-c3csc(C)c3)c(N[C@H](C)CO)n2)cc1. The van der Waals surface area contributed by atoms with Crippen LogP contribution in [-0.2, 0) is 14.5 Å². The van der Waals surface area contributed by atoms with E-state index < -0.39 is 15.8 Å². The number of hydrogen-bond donors (Lipinski definition) is 3. The third-order valence-corrected chi connectivity index (χ3v) is 7.06. The molecule has 11 heteroatoms. The molecule has 1 aromatic carbocycles. The van der Waals surface area contributed by atoms with Crippen LogP contribution >= 0.6 is 11.3 Å². The van der Waals surface area contributed by atoms with Crippen LogP contribution in [0.5, 0.6) is 0 Å². The number of aromatic nitrogens is 2. The zero-order chi connectivity index (χ0) is 24.0. The van der Waals surface area contributed by atoms with E-state index >= 15 is 0 Å². The molecule has 9 nitrogen and oxygen atoms in total. The number of nitrogens with one attached hydrogen (secondary N) is 2. The molecular weight excluding hydrogens is 474 g/mol. The summed E-state index contributed by atoms with van der Waals surface area (Å²) in [5.74, 6) is 0.966. The van der Waals surface area contributed by atoms with Gasteiger partial charge in [-0.15, -0.1) is 15.7 Å². The first-order chi connectivity index (χ1) is 15.7. The van der Waals surface area contributed by atoms with Crippen molar-refractivity contribution >= 4 is 44.6 Å². The molecule has 184 valence electrons. The van der Waals surface area contributed by atoms with Gasteiger partial charge >= 0.3 is 6.09 Å². The molecule has 0 saturated heterocycles. The van der Waals surface area contributed by atoms with Crippen LogP contribution in [0.4, 0.5) is 22.2 Å². The Labute approximate surface area is 204 Å². The van der Waals surface area contributed by atoms with Crippen molar-refractivity contribution in [2.24, 2.45) is 4.36 Å². The summed E-state index contributed by atoms with van der Waals surface area (Å²) in [6.07, 6.45) is 2.27. The molecule has 34 heavy (non-hydrogen) atoms. The van der Waals surface area contributed by atoms with Gasteiger partial charge in [-0.1, -0.05) is 7.43 Å². The van der Waals surface area contributed by atoms with Crippen molar-refractivity contribution in [2.45, 2.75) is 39.1 Å². The van der Waals surface area contributed by atoms with E-state index in [2.05, 4.69) is 31.0 Å². The van der Waals surface area contributed by atoms with E-state index in [1.807, 2.05) is 19.2 Å². The molecule has 3 rings (SSSR count). The molecule has 0 aliphatic carbocycles. The van der Waals surface area contributed by atoms with E-state index in [-0.39, 0.29) is 26.7 Å². The summed E-state index contributed by atoms with van der Waals surface area (Å²) in [6, 6.07) is 8.55. The maximum Gasteiger partial charge on any atom is 0.442 e. The van der Waals surface area contributed by atoms with Crippen LogP contribution in [-0.4, -0.2) is 50.9 Å². The second kappa shape index (κ2) is 11.9. The molecule has 0 spiro atoms. The molecule has 2 atom stereocenters. The van der Waals surface area contributed by atoms with Crippen molar-refractivity contribution in [2.75, 3.05) is 30.1 Å². The fraction of sp³-hybridized carbons (Fsp3) is 0.348. The quantitative estimate of drug-likeness (QED) is 0.377. The zero-order valence-corrected chi connectivity index (χ0v) is 20.5. The largest absolute Gasteiger partial charge is 0.448 e. The summed E-state index contributed by atoms with van der Waals surface area (Å²) in [5, 5.41) is 17.8. The molecule has 2 heterocycles. The number of aliphatic hydroxyl groups is 1. The van der Waals surface area contributed by atoms with E-state index in [9.17, 15) is 14.1 Å². The Morgan fingerprint density at radius 2 is 2.03 bits per heavy atom. The third kappa shape index (κ3) is 6.99. The fourth-order valence-corrected chi connectivity index (χ4v) is 4.68. The number of benzene rings is 1. The van der Waals surface area contributed by atoms with Gasteiger partial charge in [-0.25, -0.2) is 14.0 Å². The van der Waals surface area contributed by atoms with Gasteiger partial charge in [0, 0.05) is 39.5 Å². The Balaban J connectivity index is 0.00000408. The lowest BCUT2D eigenvalue weighted by molar-refractivity contribution is 0.164. The Hall–Kier alpha value is -3.02. The molecule has 0 aliphatic rings. The summed E-state index contributed by atoms with van der Waals surface area (Å²) < 4.78 is 21.2. The van der Waals surface area contributed by atoms with Crippen molar-refractivity contribution in [3.05, 3.63) is 46.8 Å². The minimum absolute atomic E-state index is 0. The van der Waals surface area contributed by atoms with Crippen molar-refractivity contribution < 1.29 is 18.8 Å². The Bertz CT molecular complexity index is 1230. The third-order valence-electron chi connectivity index (χ3n) is 4.55. The monoisotopic (exact) mass is 505 g/mol. The van der Waals surface area contributed by atoms with Crippen LogP contribution < -0.4 is 10.6 Å². The average Bonchev–Trinajstić information content (AvgIpc) is 3.20. The minimum atomic E-state index is -2.92. The Morgan fingerprint density at radius 3 is 2.62 bits per heavy atom. The van der Waals surface area contributed by atoms with E-state index in [1.165, 1.54) is 11.1 Å². The average molecular weight is 506 g/mol. The lowest BCUT2D eigenvalue weighted by atomic mass is 10.1. The van der Waals surface area contributed by atoms with E-state index in [4.69, 9.17) is 4.74 Å². The number of carbonyl (C=O) groups excluding carboxylic acids is 1. The number of nitrogens with zero attached hydrogens (tertiary/aromatic N) is 3. The Morgan fingerprint density at radius 1 is 1.32 bits per heavy atom. The molecule has 1 unspecified atom stereocenters. The van der Waals surface area contributed by atoms with Crippen LogP contribution in [0.3, 0.4) is 0 Å². The molecule has 0 radical (unpaired) electrons. The normalized spacial score (nSPS) is 13.2. The number of thiophene rings is 1. The highest BCUT2D eigenvalue weighted by Crippen LogP contribution is 2.31. The number of rotatable bonds is 8.